The predicted octanol–water partition coefficient (Wildman–Crippen LogP) is 5.95. The minimum atomic E-state index is -0.657. The molecular formula is C35H52N6O4. The van der Waals surface area contributed by atoms with Crippen LogP contribution in [0.4, 0.5) is 11.6 Å². The van der Waals surface area contributed by atoms with Gasteiger partial charge in [0.05, 0.1) is 23.8 Å². The van der Waals surface area contributed by atoms with Crippen molar-refractivity contribution in [3.8, 4) is 17.3 Å². The molecule has 2 aromatic rings. The van der Waals surface area contributed by atoms with Gasteiger partial charge in [0.25, 0.3) is 0 Å². The second-order valence-corrected chi connectivity index (χ2v) is 13.9. The molecule has 3 aliphatic rings. The number of rotatable bonds is 10. The van der Waals surface area contributed by atoms with E-state index in [4.69, 9.17) is 19.9 Å². The SMILES string of the molecule is CC(COC1(C(=O)OC(C)(C)C)CC1)NC1CCCCC1.Cc1cnc(N)cc1-c1cccc(NCC2(C#N)CCOCC2)n1. The Morgan fingerprint density at radius 3 is 2.53 bits per heavy atom. The van der Waals surface area contributed by atoms with Gasteiger partial charge in [-0.2, -0.15) is 5.26 Å². The molecule has 5 rings (SSSR count). The van der Waals surface area contributed by atoms with Crippen molar-refractivity contribution in [2.75, 3.05) is 37.4 Å². The van der Waals surface area contributed by atoms with Gasteiger partial charge in [-0.05, 0) is 96.9 Å². The minimum absolute atomic E-state index is 0.195. The van der Waals surface area contributed by atoms with Crippen molar-refractivity contribution in [1.82, 2.24) is 15.3 Å². The van der Waals surface area contributed by atoms with E-state index in [2.05, 4.69) is 33.6 Å². The van der Waals surface area contributed by atoms with Gasteiger partial charge < -0.3 is 30.6 Å². The highest BCUT2D eigenvalue weighted by Crippen LogP contribution is 2.42. The van der Waals surface area contributed by atoms with E-state index in [9.17, 15) is 10.1 Å². The number of carbonyl (C=O) groups is 1. The quantitative estimate of drug-likeness (QED) is 0.272. The second kappa shape index (κ2) is 15.4. The van der Waals surface area contributed by atoms with Gasteiger partial charge in [0.15, 0.2) is 5.60 Å². The number of nitriles is 1. The maximum Gasteiger partial charge on any atom is 0.338 e. The van der Waals surface area contributed by atoms with E-state index < -0.39 is 11.2 Å². The number of nitrogens with two attached hydrogens (primary N) is 1. The summed E-state index contributed by atoms with van der Waals surface area (Å²) in [6.07, 6.45) is 11.4. The fourth-order valence-electron chi connectivity index (χ4n) is 5.75. The molecule has 0 radical (unpaired) electrons. The summed E-state index contributed by atoms with van der Waals surface area (Å²) in [4.78, 5) is 20.9. The molecule has 1 aliphatic heterocycles. The number of hydrogen-bond donors (Lipinski definition) is 3. The van der Waals surface area contributed by atoms with Gasteiger partial charge in [-0.25, -0.2) is 14.8 Å². The molecule has 2 aromatic heterocycles. The third-order valence-electron chi connectivity index (χ3n) is 8.65. The fourth-order valence-corrected chi connectivity index (χ4v) is 5.75. The van der Waals surface area contributed by atoms with Crippen molar-refractivity contribution >= 4 is 17.6 Å². The van der Waals surface area contributed by atoms with E-state index in [1.54, 1.807) is 6.20 Å². The van der Waals surface area contributed by atoms with Crippen LogP contribution in [0.15, 0.2) is 30.5 Å². The molecule has 3 heterocycles. The molecule has 0 aromatic carbocycles. The van der Waals surface area contributed by atoms with E-state index in [0.717, 1.165) is 48.3 Å². The summed E-state index contributed by atoms with van der Waals surface area (Å²) in [7, 11) is 0. The van der Waals surface area contributed by atoms with Gasteiger partial charge >= 0.3 is 5.97 Å². The zero-order chi connectivity index (χ0) is 32.5. The lowest BCUT2D eigenvalue weighted by Crippen LogP contribution is -2.43. The minimum Gasteiger partial charge on any atom is -0.458 e. The van der Waals surface area contributed by atoms with Crippen LogP contribution in [0, 0.1) is 23.7 Å². The Morgan fingerprint density at radius 1 is 1.18 bits per heavy atom. The number of nitrogens with one attached hydrogen (secondary N) is 2. The molecule has 0 amide bonds. The third kappa shape index (κ3) is 10.4. The van der Waals surface area contributed by atoms with Crippen LogP contribution in [0.1, 0.15) is 91.0 Å². The molecule has 0 spiro atoms. The Bertz CT molecular complexity index is 1300. The van der Waals surface area contributed by atoms with Crippen LogP contribution in [-0.2, 0) is 19.0 Å². The molecule has 1 atom stereocenters. The summed E-state index contributed by atoms with van der Waals surface area (Å²) in [5, 5.41) is 16.5. The summed E-state index contributed by atoms with van der Waals surface area (Å²) < 4.78 is 16.7. The van der Waals surface area contributed by atoms with E-state index in [1.807, 2.05) is 52.0 Å². The fraction of sp³-hybridized carbons (Fsp3) is 0.657. The number of aryl methyl sites for hydroxylation is 1. The van der Waals surface area contributed by atoms with Gasteiger partial charge in [-0.1, -0.05) is 25.3 Å². The number of nitrogen functional groups attached to an aromatic ring is 1. The van der Waals surface area contributed by atoms with Crippen LogP contribution < -0.4 is 16.4 Å². The summed E-state index contributed by atoms with van der Waals surface area (Å²) in [5.41, 5.74) is 7.13. The van der Waals surface area contributed by atoms with Crippen molar-refractivity contribution in [3.05, 3.63) is 36.0 Å². The van der Waals surface area contributed by atoms with Crippen LogP contribution in [0.25, 0.3) is 11.3 Å². The standard InChI is InChI=1S/C18H21N5O.C17H31NO3/c1-13-10-21-16(20)9-14(13)15-3-2-4-17(23-15)22-12-18(11-19)5-7-24-8-6-18;1-13(18-14-8-6-5-7-9-14)12-20-17(10-11-17)15(19)21-16(2,3)4/h2-4,9-10H,5-8,12H2,1H3,(H2,20,21)(H,22,23);13-14,18H,5-12H2,1-4H3. The summed E-state index contributed by atoms with van der Waals surface area (Å²) >= 11 is 0. The maximum absolute atomic E-state index is 12.2. The largest absolute Gasteiger partial charge is 0.458 e. The lowest BCUT2D eigenvalue weighted by atomic mass is 9.82. The molecule has 3 fully saturated rings. The topological polar surface area (TPSA) is 144 Å². The smallest absolute Gasteiger partial charge is 0.338 e. The molecule has 1 saturated heterocycles. The summed E-state index contributed by atoms with van der Waals surface area (Å²) in [6, 6.07) is 11.0. The van der Waals surface area contributed by atoms with Crippen molar-refractivity contribution in [3.63, 3.8) is 0 Å². The maximum atomic E-state index is 12.2. The highest BCUT2D eigenvalue weighted by Gasteiger charge is 2.54. The number of hydrogen-bond acceptors (Lipinski definition) is 10. The number of carbonyl (C=O) groups excluding carboxylic acids is 1. The number of aromatic nitrogens is 2. The molecule has 10 heteroatoms. The van der Waals surface area contributed by atoms with E-state index in [1.165, 1.54) is 32.1 Å². The highest BCUT2D eigenvalue weighted by atomic mass is 16.6. The number of nitrogens with zero attached hydrogens (tertiary/aromatic N) is 3. The van der Waals surface area contributed by atoms with Gasteiger partial charge in [-0.15, -0.1) is 0 Å². The predicted molar refractivity (Wildman–Crippen MR) is 176 cm³/mol. The number of pyridine rings is 2. The van der Waals surface area contributed by atoms with Gasteiger partial charge in [0.2, 0.25) is 0 Å². The normalized spacial score (nSPS) is 19.7. The average Bonchev–Trinajstić information content (AvgIpc) is 3.82. The summed E-state index contributed by atoms with van der Waals surface area (Å²) in [6.45, 7) is 12.2. The third-order valence-corrected chi connectivity index (χ3v) is 8.65. The van der Waals surface area contributed by atoms with Crippen LogP contribution in [0.2, 0.25) is 0 Å². The van der Waals surface area contributed by atoms with Gasteiger partial charge in [0.1, 0.15) is 17.2 Å². The van der Waals surface area contributed by atoms with E-state index in [0.29, 0.717) is 38.2 Å². The van der Waals surface area contributed by atoms with Crippen molar-refractivity contribution in [2.24, 2.45) is 5.41 Å². The highest BCUT2D eigenvalue weighted by molar-refractivity contribution is 5.83. The molecule has 1 unspecified atom stereocenters. The first-order chi connectivity index (χ1) is 21.4. The Hall–Kier alpha value is -3.26. The van der Waals surface area contributed by atoms with Crippen molar-refractivity contribution < 1.29 is 19.0 Å². The van der Waals surface area contributed by atoms with Crippen molar-refractivity contribution in [1.29, 1.82) is 5.26 Å². The monoisotopic (exact) mass is 620 g/mol. The molecule has 45 heavy (non-hydrogen) atoms. The summed E-state index contributed by atoms with van der Waals surface area (Å²) in [5.74, 6) is 1.03. The van der Waals surface area contributed by atoms with Crippen molar-refractivity contribution in [2.45, 2.75) is 116 Å². The molecule has 10 nitrogen and oxygen atoms in total. The second-order valence-electron chi connectivity index (χ2n) is 13.9. The lowest BCUT2D eigenvalue weighted by Gasteiger charge is -2.30. The zero-order valence-corrected chi connectivity index (χ0v) is 27.8. The zero-order valence-electron chi connectivity index (χ0n) is 27.8. The Kier molecular flexibility index (Phi) is 11.8. The number of anilines is 2. The average molecular weight is 621 g/mol. The molecule has 0 bridgehead atoms. The molecule has 4 N–H and O–H groups in total. The lowest BCUT2D eigenvalue weighted by molar-refractivity contribution is -0.172. The first-order valence-electron chi connectivity index (χ1n) is 16.5. The number of ether oxygens (including phenoxy) is 3. The van der Waals surface area contributed by atoms with Gasteiger partial charge in [0, 0.05) is 43.6 Å². The Morgan fingerprint density at radius 2 is 1.89 bits per heavy atom. The Labute approximate surface area is 268 Å². The number of esters is 1. The van der Waals surface area contributed by atoms with Crippen LogP contribution in [0.5, 0.6) is 0 Å². The van der Waals surface area contributed by atoms with E-state index >= 15 is 0 Å². The van der Waals surface area contributed by atoms with Crippen LogP contribution in [0.3, 0.4) is 0 Å². The molecular weight excluding hydrogens is 568 g/mol. The molecule has 2 saturated carbocycles. The molecule has 246 valence electrons. The first kappa shape index (κ1) is 34.6. The van der Waals surface area contributed by atoms with E-state index in [-0.39, 0.29) is 17.4 Å². The van der Waals surface area contributed by atoms with Gasteiger partial charge in [-0.3, -0.25) is 0 Å². The molecule has 2 aliphatic carbocycles. The van der Waals surface area contributed by atoms with Crippen LogP contribution in [-0.4, -0.2) is 65.6 Å². The van der Waals surface area contributed by atoms with Crippen LogP contribution >= 0.6 is 0 Å². The Balaban J connectivity index is 0.000000207. The first-order valence-corrected chi connectivity index (χ1v) is 16.5.